The highest BCUT2D eigenvalue weighted by Crippen LogP contribution is 2.51. The van der Waals surface area contributed by atoms with Crippen molar-refractivity contribution in [3.8, 4) is 0 Å². The molecule has 0 unspecified atom stereocenters. The molecule has 0 aromatic heterocycles. The second-order valence-corrected chi connectivity index (χ2v) is 1.81. The van der Waals surface area contributed by atoms with Gasteiger partial charge < -0.3 is 0 Å². The van der Waals surface area contributed by atoms with Crippen molar-refractivity contribution >= 4 is 22.8 Å². The van der Waals surface area contributed by atoms with E-state index in [1.165, 1.54) is 0 Å². The summed E-state index contributed by atoms with van der Waals surface area (Å²) in [5.41, 5.74) is 0. The molecule has 0 nitrogen and oxygen atoms in total. The Labute approximate surface area is 32.3 Å². The Morgan fingerprint density at radius 3 is 1.20 bits per heavy atom. The minimum atomic E-state index is -4.39. The quantitative estimate of drug-likeness (QED) is 0.307. The molecule has 0 N–H and O–H groups in total. The van der Waals surface area contributed by atoms with E-state index in [1.807, 2.05) is 0 Å². The molecule has 0 saturated heterocycles. The van der Waals surface area contributed by atoms with Gasteiger partial charge in [-0.05, 0) is 0 Å². The fraction of sp³-hybridized carbons (Fsp3) is 0. The van der Waals surface area contributed by atoms with Gasteiger partial charge in [0.2, 0.25) is 0 Å². The first-order valence-corrected chi connectivity index (χ1v) is 2.56. The van der Waals surface area contributed by atoms with E-state index in [4.69, 9.17) is 0 Å². The molecule has 5 heteroatoms. The Balaban J connectivity index is 3.02. The predicted molar refractivity (Wildman–Crippen MR) is 20.6 cm³/mol. The zero-order chi connectivity index (χ0) is 4.50. The van der Waals surface area contributed by atoms with Crippen LogP contribution in [-0.4, -0.2) is 15.1 Å². The van der Waals surface area contributed by atoms with Gasteiger partial charge in [0.25, 0.3) is 7.64 Å². The Hall–Kier alpha value is 0.420. The molecule has 0 spiro atoms. The monoisotopic (exact) mass is 91.0 g/mol. The van der Waals surface area contributed by atoms with Crippen LogP contribution in [0.2, 0.25) is 0 Å². The van der Waals surface area contributed by atoms with Crippen molar-refractivity contribution in [2.24, 2.45) is 0 Å². The van der Waals surface area contributed by atoms with Gasteiger partial charge in [0.1, 0.15) is 0 Å². The summed E-state index contributed by atoms with van der Waals surface area (Å²) in [4.78, 5) is 0. The van der Waals surface area contributed by atoms with Gasteiger partial charge in [-0.2, -0.15) is 0 Å². The maximum atomic E-state index is 10.7. The third kappa shape index (κ3) is 147. The summed E-state index contributed by atoms with van der Waals surface area (Å²) < 4.78 is 21.4. The molecular weight excluding hydrogens is 90.6 g/mol. The minimum Gasteiger partial charge on any atom is -0.0673 e. The van der Waals surface area contributed by atoms with Crippen molar-refractivity contribution in [2.75, 3.05) is 0 Å². The van der Waals surface area contributed by atoms with Crippen LogP contribution in [0.3, 0.4) is 0 Å². The maximum absolute atomic E-state index is 10.7. The smallest absolute Gasteiger partial charge is 0.0673 e. The van der Waals surface area contributed by atoms with Gasteiger partial charge in [0, 0.05) is 0 Å². The van der Waals surface area contributed by atoms with Crippen LogP contribution in [0, 0.1) is 0 Å². The lowest BCUT2D eigenvalue weighted by Gasteiger charge is -1.79. The average molecular weight is 90.6 g/mol. The third-order valence-corrected chi connectivity index (χ3v) is 0. The Kier molecular flexibility index (Phi) is 1.36. The molecule has 24 valence electrons. The number of rotatable bonds is 0. The molecule has 0 fully saturated rings. The lowest BCUT2D eigenvalue weighted by molar-refractivity contribution is 0.762. The second kappa shape index (κ2) is 1.25. The van der Waals surface area contributed by atoms with Gasteiger partial charge >= 0.3 is 15.1 Å². The lowest BCUT2D eigenvalue weighted by atomic mass is 10.7. The summed E-state index contributed by atoms with van der Waals surface area (Å²) in [7, 11) is 3.43. The summed E-state index contributed by atoms with van der Waals surface area (Å²) >= 11 is 0. The molecule has 4 radical (unpaired) electrons. The SMILES string of the molecule is [B][P+]([B])(F)F. The van der Waals surface area contributed by atoms with Gasteiger partial charge in [0.15, 0.2) is 0 Å². The van der Waals surface area contributed by atoms with Crippen LogP contribution in [0.5, 0.6) is 0 Å². The molecular formula is B2F2P+. The van der Waals surface area contributed by atoms with Crippen LogP contribution >= 0.6 is 7.64 Å². The van der Waals surface area contributed by atoms with Gasteiger partial charge in [-0.15, -0.1) is 0 Å². The van der Waals surface area contributed by atoms with Crippen LogP contribution in [-0.2, 0) is 0 Å². The second-order valence-electron chi connectivity index (χ2n) is 0.603. The van der Waals surface area contributed by atoms with Crippen LogP contribution in [0.25, 0.3) is 0 Å². The van der Waals surface area contributed by atoms with E-state index in [2.05, 4.69) is 15.1 Å². The highest BCUT2D eigenvalue weighted by Gasteiger charge is 2.24. The van der Waals surface area contributed by atoms with Crippen molar-refractivity contribution in [2.45, 2.75) is 0 Å². The maximum Gasteiger partial charge on any atom is 0.432 e. The van der Waals surface area contributed by atoms with Crippen molar-refractivity contribution < 1.29 is 8.39 Å². The Morgan fingerprint density at radius 2 is 1.20 bits per heavy atom. The van der Waals surface area contributed by atoms with E-state index >= 15 is 0 Å². The van der Waals surface area contributed by atoms with Gasteiger partial charge in [-0.25, -0.2) is 0 Å². The van der Waals surface area contributed by atoms with E-state index in [0.717, 1.165) is 0 Å². The Morgan fingerprint density at radius 1 is 1.20 bits per heavy atom. The summed E-state index contributed by atoms with van der Waals surface area (Å²) in [5, 5.41) is 0. The van der Waals surface area contributed by atoms with Gasteiger partial charge in [-0.1, -0.05) is 8.39 Å². The van der Waals surface area contributed by atoms with Crippen LogP contribution in [0.15, 0.2) is 0 Å². The summed E-state index contributed by atoms with van der Waals surface area (Å²) in [6.07, 6.45) is 0. The number of hydrogen-bond acceptors (Lipinski definition) is 0. The largest absolute Gasteiger partial charge is 0.432 e. The zero-order valence-electron chi connectivity index (χ0n) is 2.36. The highest BCUT2D eigenvalue weighted by atomic mass is 31.2. The first kappa shape index (κ1) is 5.42. The van der Waals surface area contributed by atoms with Crippen LogP contribution < -0.4 is 0 Å². The van der Waals surface area contributed by atoms with Crippen LogP contribution in [0.1, 0.15) is 0 Å². The predicted octanol–water partition coefficient (Wildman–Crippen LogP) is 0.940. The van der Waals surface area contributed by atoms with Gasteiger partial charge in [-0.3, -0.25) is 0 Å². The molecule has 0 rings (SSSR count). The first-order chi connectivity index (χ1) is 2.00. The van der Waals surface area contributed by atoms with E-state index in [0.29, 0.717) is 0 Å². The van der Waals surface area contributed by atoms with Crippen molar-refractivity contribution in [3.05, 3.63) is 0 Å². The molecule has 0 aliphatic carbocycles. The average Bonchev–Trinajstić information content (AvgIpc) is 0.722. The molecule has 0 aliphatic rings. The summed E-state index contributed by atoms with van der Waals surface area (Å²) in [6, 6.07) is 0. The molecule has 0 amide bonds. The van der Waals surface area contributed by atoms with E-state index in [9.17, 15) is 8.39 Å². The standard InChI is InChI=1S/B2F2P/c1-5(2,3)4/q+1. The molecule has 0 saturated carbocycles. The first-order valence-electron chi connectivity index (χ1n) is 0.854. The molecule has 0 atom stereocenters. The number of hydrogen-bond donors (Lipinski definition) is 0. The minimum absolute atomic E-state index is 3.91. The zero-order valence-corrected chi connectivity index (χ0v) is 3.25. The molecule has 0 aliphatic heterocycles. The van der Waals surface area contributed by atoms with Crippen LogP contribution in [0.4, 0.5) is 8.39 Å². The normalized spacial score (nSPS) is 11.6. The van der Waals surface area contributed by atoms with Crippen molar-refractivity contribution in [1.29, 1.82) is 0 Å². The Bertz CT molecular complexity index is 23.1. The van der Waals surface area contributed by atoms with Crippen molar-refractivity contribution in [3.63, 3.8) is 0 Å². The highest BCUT2D eigenvalue weighted by molar-refractivity contribution is 8.07. The number of halogens is 2. The lowest BCUT2D eigenvalue weighted by Crippen LogP contribution is -1.66. The fourth-order valence-electron chi connectivity index (χ4n) is 0. The molecule has 0 aromatic carbocycles. The van der Waals surface area contributed by atoms with E-state index in [1.54, 1.807) is 0 Å². The summed E-state index contributed by atoms with van der Waals surface area (Å²) in [6.45, 7) is 0. The molecule has 0 heterocycles. The molecule has 0 bridgehead atoms. The molecule has 5 heavy (non-hydrogen) atoms. The van der Waals surface area contributed by atoms with E-state index in [-0.39, 0.29) is 0 Å². The van der Waals surface area contributed by atoms with E-state index < -0.39 is 7.64 Å². The van der Waals surface area contributed by atoms with Crippen molar-refractivity contribution in [1.82, 2.24) is 0 Å². The molecule has 0 aromatic rings. The van der Waals surface area contributed by atoms with Gasteiger partial charge in [0.05, 0.1) is 0 Å². The third-order valence-electron chi connectivity index (χ3n) is 0. The fourth-order valence-corrected chi connectivity index (χ4v) is 0. The topological polar surface area (TPSA) is 0 Å². The summed E-state index contributed by atoms with van der Waals surface area (Å²) in [5.74, 6) is 0.